The highest BCUT2D eigenvalue weighted by atomic mass is 79.9. The molecule has 0 radical (unpaired) electrons. The van der Waals surface area contributed by atoms with Gasteiger partial charge in [-0.2, -0.15) is 0 Å². The van der Waals surface area contributed by atoms with Crippen LogP contribution in [-0.4, -0.2) is 17.4 Å². The van der Waals surface area contributed by atoms with E-state index in [0.717, 1.165) is 4.47 Å². The van der Waals surface area contributed by atoms with Gasteiger partial charge in [-0.15, -0.1) is 0 Å². The van der Waals surface area contributed by atoms with Gasteiger partial charge in [-0.25, -0.2) is 0 Å². The number of carbonyl (C=O) groups is 1. The molecule has 0 bridgehead atoms. The van der Waals surface area contributed by atoms with Gasteiger partial charge < -0.3 is 10.3 Å². The van der Waals surface area contributed by atoms with E-state index in [1.54, 1.807) is 12.3 Å². The Balaban J connectivity index is 2.52. The van der Waals surface area contributed by atoms with Crippen LogP contribution in [0.4, 0.5) is 0 Å². The van der Waals surface area contributed by atoms with Gasteiger partial charge in [0.05, 0.1) is 0 Å². The van der Waals surface area contributed by atoms with E-state index in [0.29, 0.717) is 12.2 Å². The highest BCUT2D eigenvalue weighted by molar-refractivity contribution is 9.10. The fourth-order valence-corrected chi connectivity index (χ4v) is 1.28. The van der Waals surface area contributed by atoms with Crippen LogP contribution in [0.15, 0.2) is 16.7 Å². The highest BCUT2D eigenvalue weighted by Gasteiger charge is 2.13. The minimum Gasteiger partial charge on any atom is -0.356 e. The summed E-state index contributed by atoms with van der Waals surface area (Å²) in [7, 11) is 0. The standard InChI is InChI=1S/C10H15BrN2O/c1-10(2,3)6-13-9(14)8-4-7(11)5-12-8/h4-5,12H,6H2,1-3H3,(H,13,14). The zero-order valence-corrected chi connectivity index (χ0v) is 10.2. The maximum atomic E-state index is 11.5. The van der Waals surface area contributed by atoms with Gasteiger partial charge in [0, 0.05) is 17.2 Å². The van der Waals surface area contributed by atoms with Gasteiger partial charge in [0.2, 0.25) is 0 Å². The number of halogens is 1. The molecule has 1 amide bonds. The maximum Gasteiger partial charge on any atom is 0.267 e. The predicted molar refractivity (Wildman–Crippen MR) is 60.3 cm³/mol. The van der Waals surface area contributed by atoms with Gasteiger partial charge in [-0.05, 0) is 27.4 Å². The fraction of sp³-hybridized carbons (Fsp3) is 0.500. The topological polar surface area (TPSA) is 44.9 Å². The van der Waals surface area contributed by atoms with E-state index in [1.807, 2.05) is 0 Å². The average molecular weight is 259 g/mol. The van der Waals surface area contributed by atoms with Crippen molar-refractivity contribution in [1.82, 2.24) is 10.3 Å². The molecule has 0 unspecified atom stereocenters. The van der Waals surface area contributed by atoms with Gasteiger partial charge in [0.25, 0.3) is 5.91 Å². The van der Waals surface area contributed by atoms with Crippen LogP contribution in [0.1, 0.15) is 31.3 Å². The van der Waals surface area contributed by atoms with Gasteiger partial charge >= 0.3 is 0 Å². The van der Waals surface area contributed by atoms with Gasteiger partial charge in [-0.3, -0.25) is 4.79 Å². The van der Waals surface area contributed by atoms with E-state index >= 15 is 0 Å². The Morgan fingerprint density at radius 2 is 2.21 bits per heavy atom. The lowest BCUT2D eigenvalue weighted by Crippen LogP contribution is -2.32. The quantitative estimate of drug-likeness (QED) is 0.842. The predicted octanol–water partition coefficient (Wildman–Crippen LogP) is 2.55. The van der Waals surface area contributed by atoms with Crippen LogP contribution in [0.2, 0.25) is 0 Å². The summed E-state index contributed by atoms with van der Waals surface area (Å²) in [5.41, 5.74) is 0.695. The number of aromatic nitrogens is 1. The number of carbonyl (C=O) groups excluding carboxylic acids is 1. The third-order valence-corrected chi connectivity index (χ3v) is 2.13. The highest BCUT2D eigenvalue weighted by Crippen LogP contribution is 2.12. The second kappa shape index (κ2) is 4.17. The third-order valence-electron chi connectivity index (χ3n) is 1.67. The minimum atomic E-state index is -0.0642. The zero-order chi connectivity index (χ0) is 10.8. The molecule has 0 aromatic carbocycles. The Morgan fingerprint density at radius 1 is 1.57 bits per heavy atom. The Labute approximate surface area is 92.4 Å². The molecule has 0 aliphatic rings. The molecule has 14 heavy (non-hydrogen) atoms. The Hall–Kier alpha value is -0.770. The van der Waals surface area contributed by atoms with Crippen LogP contribution in [0, 0.1) is 5.41 Å². The first-order valence-electron chi connectivity index (χ1n) is 4.50. The van der Waals surface area contributed by atoms with Crippen molar-refractivity contribution in [3.63, 3.8) is 0 Å². The number of amides is 1. The lowest BCUT2D eigenvalue weighted by Gasteiger charge is -2.18. The molecule has 4 heteroatoms. The van der Waals surface area contributed by atoms with Crippen molar-refractivity contribution in [1.29, 1.82) is 0 Å². The summed E-state index contributed by atoms with van der Waals surface area (Å²) in [6, 6.07) is 1.76. The molecule has 0 saturated carbocycles. The smallest absolute Gasteiger partial charge is 0.267 e. The first-order valence-corrected chi connectivity index (χ1v) is 5.30. The van der Waals surface area contributed by atoms with Crippen molar-refractivity contribution >= 4 is 21.8 Å². The van der Waals surface area contributed by atoms with E-state index in [2.05, 4.69) is 47.0 Å². The molecule has 0 atom stereocenters. The monoisotopic (exact) mass is 258 g/mol. The molecule has 1 heterocycles. The molecule has 1 aromatic rings. The summed E-state index contributed by atoms with van der Waals surface area (Å²) in [6.45, 7) is 6.91. The van der Waals surface area contributed by atoms with Crippen molar-refractivity contribution in [3.05, 3.63) is 22.4 Å². The van der Waals surface area contributed by atoms with Crippen molar-refractivity contribution in [2.75, 3.05) is 6.54 Å². The number of aromatic amines is 1. The van der Waals surface area contributed by atoms with Gasteiger partial charge in [0.15, 0.2) is 0 Å². The molecule has 0 saturated heterocycles. The second-order valence-corrected chi connectivity index (χ2v) is 5.39. The van der Waals surface area contributed by atoms with Crippen molar-refractivity contribution in [2.24, 2.45) is 5.41 Å². The molecule has 0 aliphatic carbocycles. The van der Waals surface area contributed by atoms with E-state index in [1.165, 1.54) is 0 Å². The van der Waals surface area contributed by atoms with E-state index in [-0.39, 0.29) is 11.3 Å². The summed E-state index contributed by atoms with van der Waals surface area (Å²) in [4.78, 5) is 14.4. The van der Waals surface area contributed by atoms with Crippen LogP contribution in [0.25, 0.3) is 0 Å². The van der Waals surface area contributed by atoms with E-state index in [4.69, 9.17) is 0 Å². The molecule has 0 fully saturated rings. The van der Waals surface area contributed by atoms with Crippen LogP contribution in [0.5, 0.6) is 0 Å². The van der Waals surface area contributed by atoms with E-state index < -0.39 is 0 Å². The summed E-state index contributed by atoms with van der Waals surface area (Å²) in [5, 5.41) is 2.86. The minimum absolute atomic E-state index is 0.0642. The average Bonchev–Trinajstić information content (AvgIpc) is 2.46. The van der Waals surface area contributed by atoms with Crippen LogP contribution >= 0.6 is 15.9 Å². The molecule has 0 spiro atoms. The Bertz CT molecular complexity index is 325. The molecular formula is C10H15BrN2O. The van der Waals surface area contributed by atoms with Gasteiger partial charge in [-0.1, -0.05) is 20.8 Å². The van der Waals surface area contributed by atoms with E-state index in [9.17, 15) is 4.79 Å². The summed E-state index contributed by atoms with van der Waals surface area (Å²) in [5.74, 6) is -0.0642. The molecule has 1 rings (SSSR count). The van der Waals surface area contributed by atoms with Crippen molar-refractivity contribution < 1.29 is 4.79 Å². The molecule has 0 aliphatic heterocycles. The molecule has 3 nitrogen and oxygen atoms in total. The van der Waals surface area contributed by atoms with Crippen LogP contribution in [0.3, 0.4) is 0 Å². The molecular weight excluding hydrogens is 244 g/mol. The second-order valence-electron chi connectivity index (χ2n) is 4.47. The first-order chi connectivity index (χ1) is 6.38. The number of nitrogens with one attached hydrogen (secondary N) is 2. The van der Waals surface area contributed by atoms with Crippen LogP contribution in [-0.2, 0) is 0 Å². The zero-order valence-electron chi connectivity index (χ0n) is 8.65. The van der Waals surface area contributed by atoms with Gasteiger partial charge in [0.1, 0.15) is 5.69 Å². The number of hydrogen-bond acceptors (Lipinski definition) is 1. The van der Waals surface area contributed by atoms with Crippen molar-refractivity contribution in [2.45, 2.75) is 20.8 Å². The summed E-state index contributed by atoms with van der Waals surface area (Å²) in [6.07, 6.45) is 1.74. The fourth-order valence-electron chi connectivity index (χ4n) is 0.940. The molecule has 78 valence electrons. The number of hydrogen-bond donors (Lipinski definition) is 2. The first kappa shape index (κ1) is 11.3. The Morgan fingerprint density at radius 3 is 2.64 bits per heavy atom. The van der Waals surface area contributed by atoms with Crippen molar-refractivity contribution in [3.8, 4) is 0 Å². The Kier molecular flexibility index (Phi) is 3.37. The molecule has 1 aromatic heterocycles. The third kappa shape index (κ3) is 3.54. The summed E-state index contributed by atoms with van der Waals surface area (Å²) < 4.78 is 0.887. The normalized spacial score (nSPS) is 11.4. The maximum absolute atomic E-state index is 11.5. The lowest BCUT2D eigenvalue weighted by molar-refractivity contribution is 0.0935. The lowest BCUT2D eigenvalue weighted by atomic mass is 9.97. The SMILES string of the molecule is CC(C)(C)CNC(=O)c1cc(Br)c[nH]1. The van der Waals surface area contributed by atoms with Crippen LogP contribution < -0.4 is 5.32 Å². The number of H-pyrrole nitrogens is 1. The largest absolute Gasteiger partial charge is 0.356 e. The summed E-state index contributed by atoms with van der Waals surface area (Å²) >= 11 is 3.28. The number of rotatable bonds is 2. The molecule has 2 N–H and O–H groups in total.